The van der Waals surface area contributed by atoms with Crippen molar-refractivity contribution >= 4 is 31.1 Å². The lowest BCUT2D eigenvalue weighted by molar-refractivity contribution is 0.591. The smallest absolute Gasteiger partial charge is 0.251 e. The number of nitrogens with one attached hydrogen (secondary N) is 2. The molecule has 0 saturated carbocycles. The van der Waals surface area contributed by atoms with Gasteiger partial charge >= 0.3 is 0 Å². The molecule has 1 aromatic rings. The van der Waals surface area contributed by atoms with Gasteiger partial charge in [-0.2, -0.15) is 13.1 Å². The summed E-state index contributed by atoms with van der Waals surface area (Å²) in [4.78, 5) is 0.0270. The standard InChI is InChI=1S/C7H6N2O4S2/c10-14(11)7-8-5-3-1-2-4-6(5)15(12,13)9-7/h1-4,8-9H. The minimum absolute atomic E-state index is 0.0270. The Morgan fingerprint density at radius 2 is 1.80 bits per heavy atom. The van der Waals surface area contributed by atoms with Crippen molar-refractivity contribution < 1.29 is 16.8 Å². The topological polar surface area (TPSA) is 92.3 Å². The third-order valence-electron chi connectivity index (χ3n) is 1.82. The quantitative estimate of drug-likeness (QED) is 0.594. The summed E-state index contributed by atoms with van der Waals surface area (Å²) in [7, 11) is -6.42. The first-order chi connectivity index (χ1) is 7.00. The van der Waals surface area contributed by atoms with Gasteiger partial charge in [0.05, 0.1) is 5.69 Å². The maximum Gasteiger partial charge on any atom is 0.251 e. The monoisotopic (exact) mass is 246 g/mol. The Morgan fingerprint density at radius 3 is 2.47 bits per heavy atom. The second-order valence-corrected chi connectivity index (χ2v) is 5.32. The molecule has 1 aromatic carbocycles. The molecule has 0 bridgehead atoms. The van der Waals surface area contributed by atoms with E-state index < -0.39 is 25.4 Å². The van der Waals surface area contributed by atoms with E-state index in [2.05, 4.69) is 5.32 Å². The van der Waals surface area contributed by atoms with Gasteiger partial charge < -0.3 is 5.32 Å². The van der Waals surface area contributed by atoms with Gasteiger partial charge in [-0.25, -0.2) is 8.42 Å². The molecule has 1 heterocycles. The number of sulfonamides is 1. The van der Waals surface area contributed by atoms with Crippen molar-refractivity contribution in [3.8, 4) is 0 Å². The summed E-state index contributed by atoms with van der Waals surface area (Å²) in [6.07, 6.45) is 0. The zero-order valence-electron chi connectivity index (χ0n) is 7.26. The lowest BCUT2D eigenvalue weighted by Crippen LogP contribution is -2.41. The highest BCUT2D eigenvalue weighted by atomic mass is 32.2. The number of fused-ring (bicyclic) bond motifs is 1. The molecule has 0 atom stereocenters. The fourth-order valence-corrected chi connectivity index (χ4v) is 3.07. The van der Waals surface area contributed by atoms with E-state index in [0.717, 1.165) is 0 Å². The molecule has 2 N–H and O–H groups in total. The molecule has 0 fully saturated rings. The van der Waals surface area contributed by atoms with Gasteiger partial charge in [0.25, 0.3) is 10.3 Å². The Morgan fingerprint density at radius 1 is 1.13 bits per heavy atom. The summed E-state index contributed by atoms with van der Waals surface area (Å²) >= 11 is 0. The van der Waals surface area contributed by atoms with Gasteiger partial charge in [0.1, 0.15) is 4.90 Å². The molecular formula is C7H6N2O4S2. The van der Waals surface area contributed by atoms with Crippen LogP contribution in [0.5, 0.6) is 0 Å². The molecule has 8 heteroatoms. The molecule has 15 heavy (non-hydrogen) atoms. The van der Waals surface area contributed by atoms with Crippen LogP contribution in [0, 0.1) is 0 Å². The molecule has 6 nitrogen and oxygen atoms in total. The SMILES string of the molecule is O=S(=O)=C1Nc2ccccc2S(=O)(=O)N1. The molecule has 0 amide bonds. The highest BCUT2D eigenvalue weighted by Gasteiger charge is 2.26. The zero-order chi connectivity index (χ0) is 11.1. The Labute approximate surface area is 87.5 Å². The molecule has 0 radical (unpaired) electrons. The third kappa shape index (κ3) is 1.74. The molecule has 0 spiro atoms. The molecule has 1 aliphatic heterocycles. The summed E-state index contributed by atoms with van der Waals surface area (Å²) in [5.41, 5.74) is 0.246. The second kappa shape index (κ2) is 3.33. The van der Waals surface area contributed by atoms with Crippen LogP contribution < -0.4 is 10.0 Å². The highest BCUT2D eigenvalue weighted by molar-refractivity contribution is 7.91. The van der Waals surface area contributed by atoms with E-state index in [0.29, 0.717) is 0 Å². The van der Waals surface area contributed by atoms with E-state index in [1.807, 2.05) is 4.72 Å². The fourth-order valence-electron chi connectivity index (χ4n) is 1.20. The van der Waals surface area contributed by atoms with Crippen molar-refractivity contribution in [3.63, 3.8) is 0 Å². The number of hydrogen-bond acceptors (Lipinski definition) is 4. The van der Waals surface area contributed by atoms with Gasteiger partial charge in [0.2, 0.25) is 15.1 Å². The molecule has 0 aliphatic carbocycles. The van der Waals surface area contributed by atoms with E-state index in [9.17, 15) is 16.8 Å². The van der Waals surface area contributed by atoms with Crippen molar-refractivity contribution in [2.45, 2.75) is 4.90 Å². The molecule has 0 unspecified atom stereocenters. The van der Waals surface area contributed by atoms with Crippen LogP contribution in [0.1, 0.15) is 0 Å². The van der Waals surface area contributed by atoms with Crippen LogP contribution in [0.3, 0.4) is 0 Å². The number of para-hydroxylation sites is 1. The van der Waals surface area contributed by atoms with Crippen LogP contribution in [0.25, 0.3) is 0 Å². The van der Waals surface area contributed by atoms with Crippen molar-refractivity contribution in [1.29, 1.82) is 0 Å². The third-order valence-corrected chi connectivity index (χ3v) is 3.89. The van der Waals surface area contributed by atoms with Crippen molar-refractivity contribution in [3.05, 3.63) is 24.3 Å². The number of rotatable bonds is 0. The van der Waals surface area contributed by atoms with Gasteiger partial charge in [0.15, 0.2) is 0 Å². The van der Waals surface area contributed by atoms with Gasteiger partial charge in [-0.15, -0.1) is 0 Å². The predicted octanol–water partition coefficient (Wildman–Crippen LogP) is -0.643. The summed E-state index contributed by atoms with van der Waals surface area (Å²) in [6.45, 7) is 0. The molecular weight excluding hydrogens is 240 g/mol. The van der Waals surface area contributed by atoms with Gasteiger partial charge in [0, 0.05) is 0 Å². The normalized spacial score (nSPS) is 17.7. The number of benzene rings is 1. The van der Waals surface area contributed by atoms with Crippen LogP contribution in [-0.4, -0.2) is 21.9 Å². The Balaban J connectivity index is 2.75. The van der Waals surface area contributed by atoms with Crippen LogP contribution >= 0.6 is 0 Å². The molecule has 80 valence electrons. The molecule has 0 saturated heterocycles. The van der Waals surface area contributed by atoms with Crippen molar-refractivity contribution in [1.82, 2.24) is 4.72 Å². The van der Waals surface area contributed by atoms with Crippen molar-refractivity contribution in [2.75, 3.05) is 5.32 Å². The van der Waals surface area contributed by atoms with Gasteiger partial charge in [-0.1, -0.05) is 12.1 Å². The lowest BCUT2D eigenvalue weighted by Gasteiger charge is -2.18. The minimum Gasteiger partial charge on any atom is -0.331 e. The molecule has 0 aromatic heterocycles. The van der Waals surface area contributed by atoms with Crippen LogP contribution in [0.15, 0.2) is 29.2 Å². The number of hydrogen-bond donors (Lipinski definition) is 2. The van der Waals surface area contributed by atoms with Gasteiger partial charge in [-0.05, 0) is 12.1 Å². The maximum absolute atomic E-state index is 11.5. The predicted molar refractivity (Wildman–Crippen MR) is 54.3 cm³/mol. The maximum atomic E-state index is 11.5. The van der Waals surface area contributed by atoms with E-state index in [-0.39, 0.29) is 10.6 Å². The Kier molecular flexibility index (Phi) is 2.25. The highest BCUT2D eigenvalue weighted by Crippen LogP contribution is 2.23. The largest absolute Gasteiger partial charge is 0.331 e. The second-order valence-electron chi connectivity index (χ2n) is 2.79. The van der Waals surface area contributed by atoms with Crippen molar-refractivity contribution in [2.24, 2.45) is 0 Å². The molecule has 2 rings (SSSR count). The fraction of sp³-hybridized carbons (Fsp3) is 0. The van der Waals surface area contributed by atoms with E-state index in [4.69, 9.17) is 0 Å². The zero-order valence-corrected chi connectivity index (χ0v) is 8.89. The summed E-state index contributed by atoms with van der Waals surface area (Å²) in [5.74, 6) is 0. The number of anilines is 1. The average Bonchev–Trinajstić information content (AvgIpc) is 2.16. The van der Waals surface area contributed by atoms with E-state index in [1.165, 1.54) is 12.1 Å². The first-order valence-electron chi connectivity index (χ1n) is 3.86. The van der Waals surface area contributed by atoms with Crippen LogP contribution in [-0.2, 0) is 20.3 Å². The first-order valence-corrected chi connectivity index (χ1v) is 6.41. The summed E-state index contributed by atoms with van der Waals surface area (Å²) < 4.78 is 46.2. The minimum atomic E-state index is -3.78. The van der Waals surface area contributed by atoms with Gasteiger partial charge in [-0.3, -0.25) is 0 Å². The first kappa shape index (κ1) is 10.1. The van der Waals surface area contributed by atoms with Crippen LogP contribution in [0.2, 0.25) is 0 Å². The average molecular weight is 246 g/mol. The Hall–Kier alpha value is -1.38. The van der Waals surface area contributed by atoms with E-state index in [1.54, 1.807) is 12.1 Å². The lowest BCUT2D eigenvalue weighted by atomic mass is 10.3. The summed E-state index contributed by atoms with van der Waals surface area (Å²) in [5, 5.41) is 2.00. The Bertz CT molecular complexity index is 637. The van der Waals surface area contributed by atoms with Crippen LogP contribution in [0.4, 0.5) is 5.69 Å². The van der Waals surface area contributed by atoms with E-state index >= 15 is 0 Å². The molecule has 1 aliphatic rings. The summed E-state index contributed by atoms with van der Waals surface area (Å²) in [6, 6.07) is 6.03.